The molecule has 4 rings (SSSR count). The molecule has 3 aromatic rings. The Kier molecular flexibility index (Phi) is 9.46. The number of nitrogens with zero attached hydrogens (tertiary/aromatic N) is 5. The molecule has 1 fully saturated rings. The SMILES string of the molecule is CCn1cc(CN2CCC(C(Cc3ccccc3)N(CCOC)Cc3cccnc3)CC2)c(C)n1. The third-order valence-corrected chi connectivity index (χ3v) is 7.39. The van der Waals surface area contributed by atoms with Gasteiger partial charge in [0.1, 0.15) is 0 Å². The highest BCUT2D eigenvalue weighted by molar-refractivity contribution is 5.18. The van der Waals surface area contributed by atoms with Crippen LogP contribution < -0.4 is 0 Å². The molecule has 6 nitrogen and oxygen atoms in total. The number of rotatable bonds is 12. The molecule has 0 N–H and O–H groups in total. The largest absolute Gasteiger partial charge is 0.383 e. The van der Waals surface area contributed by atoms with Crippen molar-refractivity contribution >= 4 is 0 Å². The molecule has 6 heteroatoms. The number of likely N-dealkylation sites (tertiary alicyclic amines) is 1. The van der Waals surface area contributed by atoms with Crippen LogP contribution in [0.1, 0.15) is 42.1 Å². The van der Waals surface area contributed by atoms with Gasteiger partial charge >= 0.3 is 0 Å². The number of methoxy groups -OCH3 is 1. The van der Waals surface area contributed by atoms with E-state index in [1.807, 2.05) is 18.5 Å². The smallest absolute Gasteiger partial charge is 0.0638 e. The van der Waals surface area contributed by atoms with E-state index in [1.165, 1.54) is 29.5 Å². The lowest BCUT2D eigenvalue weighted by Crippen LogP contribution is -2.47. The molecule has 0 amide bonds. The highest BCUT2D eigenvalue weighted by Crippen LogP contribution is 2.29. The fourth-order valence-electron chi connectivity index (χ4n) is 5.36. The Balaban J connectivity index is 1.47. The van der Waals surface area contributed by atoms with E-state index < -0.39 is 0 Å². The Morgan fingerprint density at radius 1 is 1.09 bits per heavy atom. The molecule has 1 aromatic carbocycles. The Morgan fingerprint density at radius 2 is 1.86 bits per heavy atom. The van der Waals surface area contributed by atoms with Crippen LogP contribution in [0.25, 0.3) is 0 Å². The minimum atomic E-state index is 0.472. The third-order valence-electron chi connectivity index (χ3n) is 7.39. The molecular weight excluding hydrogens is 434 g/mol. The lowest BCUT2D eigenvalue weighted by molar-refractivity contribution is 0.0570. The first-order chi connectivity index (χ1) is 17.2. The number of hydrogen-bond donors (Lipinski definition) is 0. The minimum absolute atomic E-state index is 0.472. The van der Waals surface area contributed by atoms with Crippen LogP contribution in [0, 0.1) is 12.8 Å². The van der Waals surface area contributed by atoms with Gasteiger partial charge in [0, 0.05) is 63.5 Å². The second-order valence-electron chi connectivity index (χ2n) is 9.79. The monoisotopic (exact) mass is 475 g/mol. The molecule has 1 unspecified atom stereocenters. The highest BCUT2D eigenvalue weighted by Gasteiger charge is 2.31. The maximum absolute atomic E-state index is 5.53. The van der Waals surface area contributed by atoms with Crippen LogP contribution in [-0.2, 0) is 30.8 Å². The molecule has 0 bridgehead atoms. The topological polar surface area (TPSA) is 46.4 Å². The first kappa shape index (κ1) is 25.5. The lowest BCUT2D eigenvalue weighted by atomic mass is 9.84. The molecule has 3 heterocycles. The quantitative estimate of drug-likeness (QED) is 0.384. The fourth-order valence-corrected chi connectivity index (χ4v) is 5.36. The summed E-state index contributed by atoms with van der Waals surface area (Å²) in [4.78, 5) is 9.62. The van der Waals surface area contributed by atoms with E-state index in [0.29, 0.717) is 12.0 Å². The number of pyridine rings is 1. The van der Waals surface area contributed by atoms with Crippen molar-refractivity contribution in [3.63, 3.8) is 0 Å². The van der Waals surface area contributed by atoms with Gasteiger partial charge in [-0.2, -0.15) is 5.10 Å². The van der Waals surface area contributed by atoms with Crippen molar-refractivity contribution in [2.75, 3.05) is 33.4 Å². The van der Waals surface area contributed by atoms with Gasteiger partial charge in [0.15, 0.2) is 0 Å². The maximum atomic E-state index is 5.53. The summed E-state index contributed by atoms with van der Waals surface area (Å²) in [6.45, 7) is 11.1. The average molecular weight is 476 g/mol. The number of aryl methyl sites for hydroxylation is 2. The molecule has 2 aromatic heterocycles. The Bertz CT molecular complexity index is 998. The second kappa shape index (κ2) is 13.0. The van der Waals surface area contributed by atoms with E-state index in [0.717, 1.165) is 58.0 Å². The van der Waals surface area contributed by atoms with Gasteiger partial charge < -0.3 is 4.74 Å². The van der Waals surface area contributed by atoms with E-state index in [-0.39, 0.29) is 0 Å². The van der Waals surface area contributed by atoms with Gasteiger partial charge in [-0.1, -0.05) is 36.4 Å². The Morgan fingerprint density at radius 3 is 2.51 bits per heavy atom. The van der Waals surface area contributed by atoms with Crippen LogP contribution >= 0.6 is 0 Å². The van der Waals surface area contributed by atoms with Gasteiger partial charge in [-0.05, 0) is 69.3 Å². The summed E-state index contributed by atoms with van der Waals surface area (Å²) in [5.41, 5.74) is 5.21. The van der Waals surface area contributed by atoms with Crippen LogP contribution in [0.3, 0.4) is 0 Å². The lowest BCUT2D eigenvalue weighted by Gasteiger charge is -2.41. The number of aromatic nitrogens is 3. The summed E-state index contributed by atoms with van der Waals surface area (Å²) in [5, 5.41) is 4.64. The first-order valence-electron chi connectivity index (χ1n) is 13.1. The number of ether oxygens (including phenoxy) is 1. The first-order valence-corrected chi connectivity index (χ1v) is 13.1. The summed E-state index contributed by atoms with van der Waals surface area (Å²) in [6, 6.07) is 15.7. The Hall–Kier alpha value is -2.54. The standard InChI is InChI=1S/C29H41N5O/c1-4-34-23-28(24(2)31-34)22-32-15-12-27(13-16-32)29(19-25-9-6-5-7-10-25)33(17-18-35-3)21-26-11-8-14-30-20-26/h5-11,14,20,23,27,29H,4,12-13,15-19,21-22H2,1-3H3. The van der Waals surface area contributed by atoms with Crippen molar-refractivity contribution in [2.45, 2.75) is 58.8 Å². The molecule has 1 aliphatic rings. The van der Waals surface area contributed by atoms with Crippen molar-refractivity contribution < 1.29 is 4.74 Å². The fraction of sp³-hybridized carbons (Fsp3) is 0.517. The van der Waals surface area contributed by atoms with E-state index in [1.54, 1.807) is 7.11 Å². The van der Waals surface area contributed by atoms with Crippen molar-refractivity contribution in [1.82, 2.24) is 24.6 Å². The van der Waals surface area contributed by atoms with Crippen molar-refractivity contribution in [2.24, 2.45) is 5.92 Å². The summed E-state index contributed by atoms with van der Waals surface area (Å²) in [6.07, 6.45) is 9.58. The third kappa shape index (κ3) is 7.23. The molecule has 0 aliphatic carbocycles. The maximum Gasteiger partial charge on any atom is 0.0638 e. The van der Waals surface area contributed by atoms with Gasteiger partial charge in [0.2, 0.25) is 0 Å². The second-order valence-corrected chi connectivity index (χ2v) is 9.79. The van der Waals surface area contributed by atoms with Crippen molar-refractivity contribution in [3.8, 4) is 0 Å². The van der Waals surface area contributed by atoms with Gasteiger partial charge in [0.05, 0.1) is 12.3 Å². The predicted octanol–water partition coefficient (Wildman–Crippen LogP) is 4.58. The summed E-state index contributed by atoms with van der Waals surface area (Å²) < 4.78 is 7.59. The zero-order valence-corrected chi connectivity index (χ0v) is 21.6. The van der Waals surface area contributed by atoms with Gasteiger partial charge in [-0.25, -0.2) is 0 Å². The molecule has 35 heavy (non-hydrogen) atoms. The van der Waals surface area contributed by atoms with Crippen molar-refractivity contribution in [1.29, 1.82) is 0 Å². The summed E-state index contributed by atoms with van der Waals surface area (Å²) >= 11 is 0. The normalized spacial score (nSPS) is 16.1. The molecule has 0 spiro atoms. The molecule has 1 atom stereocenters. The zero-order valence-electron chi connectivity index (χ0n) is 21.6. The summed E-state index contributed by atoms with van der Waals surface area (Å²) in [7, 11) is 1.80. The molecule has 1 saturated heterocycles. The molecule has 0 radical (unpaired) electrons. The van der Waals surface area contributed by atoms with E-state index in [9.17, 15) is 0 Å². The van der Waals surface area contributed by atoms with E-state index in [4.69, 9.17) is 4.74 Å². The zero-order chi connectivity index (χ0) is 24.5. The van der Waals surface area contributed by atoms with Crippen LogP contribution in [-0.4, -0.2) is 64.0 Å². The van der Waals surface area contributed by atoms with Crippen molar-refractivity contribution in [3.05, 3.63) is 83.4 Å². The summed E-state index contributed by atoms with van der Waals surface area (Å²) in [5.74, 6) is 0.652. The van der Waals surface area contributed by atoms with E-state index >= 15 is 0 Å². The van der Waals surface area contributed by atoms with Crippen LogP contribution in [0.15, 0.2) is 61.1 Å². The number of hydrogen-bond acceptors (Lipinski definition) is 5. The highest BCUT2D eigenvalue weighted by atomic mass is 16.5. The van der Waals surface area contributed by atoms with E-state index in [2.05, 4.69) is 81.0 Å². The molecule has 1 aliphatic heterocycles. The van der Waals surface area contributed by atoms with Crippen LogP contribution in [0.4, 0.5) is 0 Å². The van der Waals surface area contributed by atoms with Crippen LogP contribution in [0.5, 0.6) is 0 Å². The molecule has 188 valence electrons. The average Bonchev–Trinajstić information content (AvgIpc) is 3.26. The van der Waals surface area contributed by atoms with Gasteiger partial charge in [0.25, 0.3) is 0 Å². The predicted molar refractivity (Wildman–Crippen MR) is 141 cm³/mol. The number of piperidine rings is 1. The van der Waals surface area contributed by atoms with Crippen LogP contribution in [0.2, 0.25) is 0 Å². The molecule has 0 saturated carbocycles. The number of benzene rings is 1. The molecular formula is C29H41N5O. The Labute approximate surface area is 210 Å². The van der Waals surface area contributed by atoms with Gasteiger partial charge in [-0.15, -0.1) is 0 Å². The van der Waals surface area contributed by atoms with Gasteiger partial charge in [-0.3, -0.25) is 19.5 Å². The minimum Gasteiger partial charge on any atom is -0.383 e.